The summed E-state index contributed by atoms with van der Waals surface area (Å²) in [6.45, 7) is -0.472. The smallest absolute Gasteiger partial charge is 0.306 e. The third-order valence-electron chi connectivity index (χ3n) is 3.92. The molecule has 1 aromatic heterocycles. The summed E-state index contributed by atoms with van der Waals surface area (Å²) < 4.78 is 6.69. The summed E-state index contributed by atoms with van der Waals surface area (Å²) in [6.07, 6.45) is 4.06. The SMILES string of the molecule is O=C(CCc1cnn(-c2ccccc2)c1)OCC(=O)c1ccc(O)cc1O. The maximum atomic E-state index is 12.0. The van der Waals surface area contributed by atoms with E-state index < -0.39 is 18.4 Å². The molecule has 1 heterocycles. The van der Waals surface area contributed by atoms with Crippen LogP contribution in [0.25, 0.3) is 5.69 Å². The average Bonchev–Trinajstić information content (AvgIpc) is 3.14. The second-order valence-electron chi connectivity index (χ2n) is 5.91. The summed E-state index contributed by atoms with van der Waals surface area (Å²) in [5.41, 5.74) is 1.79. The summed E-state index contributed by atoms with van der Waals surface area (Å²) in [5.74, 6) is -1.58. The fraction of sp³-hybridized carbons (Fsp3) is 0.150. The van der Waals surface area contributed by atoms with Gasteiger partial charge in [-0.2, -0.15) is 5.10 Å². The minimum Gasteiger partial charge on any atom is -0.508 e. The monoisotopic (exact) mass is 366 g/mol. The number of rotatable bonds is 7. The van der Waals surface area contributed by atoms with E-state index in [1.54, 1.807) is 10.9 Å². The van der Waals surface area contributed by atoms with Crippen LogP contribution in [0.5, 0.6) is 11.5 Å². The molecular formula is C20H18N2O5. The Hall–Kier alpha value is -3.61. The van der Waals surface area contributed by atoms with Crippen molar-refractivity contribution in [3.05, 3.63) is 72.1 Å². The third-order valence-corrected chi connectivity index (χ3v) is 3.92. The van der Waals surface area contributed by atoms with Gasteiger partial charge in [-0.15, -0.1) is 0 Å². The molecule has 0 unspecified atom stereocenters. The predicted molar refractivity (Wildman–Crippen MR) is 96.9 cm³/mol. The highest BCUT2D eigenvalue weighted by Crippen LogP contribution is 2.23. The molecule has 3 aromatic rings. The topological polar surface area (TPSA) is 102 Å². The first-order valence-corrected chi connectivity index (χ1v) is 8.32. The van der Waals surface area contributed by atoms with E-state index >= 15 is 0 Å². The van der Waals surface area contributed by atoms with E-state index in [0.717, 1.165) is 17.3 Å². The van der Waals surface area contributed by atoms with E-state index in [1.807, 2.05) is 36.5 Å². The molecule has 0 saturated carbocycles. The Balaban J connectivity index is 1.49. The first kappa shape index (κ1) is 18.2. The lowest BCUT2D eigenvalue weighted by Gasteiger charge is -2.06. The molecule has 0 aliphatic carbocycles. The maximum Gasteiger partial charge on any atom is 0.306 e. The van der Waals surface area contributed by atoms with Crippen LogP contribution >= 0.6 is 0 Å². The number of hydrogen-bond acceptors (Lipinski definition) is 6. The van der Waals surface area contributed by atoms with Crippen LogP contribution in [-0.4, -0.2) is 38.4 Å². The van der Waals surface area contributed by atoms with E-state index in [-0.39, 0.29) is 23.5 Å². The van der Waals surface area contributed by atoms with Gasteiger partial charge in [0, 0.05) is 18.7 Å². The maximum absolute atomic E-state index is 12.0. The molecule has 0 saturated heterocycles. The minimum atomic E-state index is -0.544. The van der Waals surface area contributed by atoms with Crippen LogP contribution in [0, 0.1) is 0 Å². The number of carbonyl (C=O) groups excluding carboxylic acids is 2. The van der Waals surface area contributed by atoms with Crippen molar-refractivity contribution in [3.63, 3.8) is 0 Å². The summed E-state index contributed by atoms with van der Waals surface area (Å²) in [6, 6.07) is 13.2. The lowest BCUT2D eigenvalue weighted by Crippen LogP contribution is -2.14. The minimum absolute atomic E-state index is 0.00950. The Morgan fingerprint density at radius 1 is 1.07 bits per heavy atom. The molecule has 0 aliphatic rings. The summed E-state index contributed by atoms with van der Waals surface area (Å²) >= 11 is 0. The van der Waals surface area contributed by atoms with Crippen LogP contribution in [-0.2, 0) is 16.0 Å². The number of phenols is 2. The highest BCUT2D eigenvalue weighted by atomic mass is 16.5. The van der Waals surface area contributed by atoms with Gasteiger partial charge >= 0.3 is 5.97 Å². The number of ketones is 1. The van der Waals surface area contributed by atoms with Crippen LogP contribution in [0.2, 0.25) is 0 Å². The molecule has 3 rings (SSSR count). The van der Waals surface area contributed by atoms with Gasteiger partial charge in [0.1, 0.15) is 11.5 Å². The zero-order valence-electron chi connectivity index (χ0n) is 14.4. The molecule has 7 heteroatoms. The molecule has 0 aliphatic heterocycles. The number of hydrogen-bond donors (Lipinski definition) is 2. The number of aromatic nitrogens is 2. The van der Waals surface area contributed by atoms with Crippen molar-refractivity contribution in [3.8, 4) is 17.2 Å². The van der Waals surface area contributed by atoms with Crippen LogP contribution < -0.4 is 0 Å². The third kappa shape index (κ3) is 4.72. The Bertz CT molecular complexity index is 950. The van der Waals surface area contributed by atoms with Gasteiger partial charge in [-0.05, 0) is 36.2 Å². The number of phenolic OH excluding ortho intramolecular Hbond substituents is 2. The zero-order valence-corrected chi connectivity index (χ0v) is 14.4. The Morgan fingerprint density at radius 2 is 1.85 bits per heavy atom. The number of aryl methyl sites for hydroxylation is 1. The van der Waals surface area contributed by atoms with Crippen molar-refractivity contribution >= 4 is 11.8 Å². The van der Waals surface area contributed by atoms with E-state index in [0.29, 0.717) is 6.42 Å². The number of esters is 1. The van der Waals surface area contributed by atoms with Crippen molar-refractivity contribution < 1.29 is 24.5 Å². The van der Waals surface area contributed by atoms with Gasteiger partial charge in [0.2, 0.25) is 5.78 Å². The van der Waals surface area contributed by atoms with Gasteiger partial charge in [0.05, 0.1) is 17.4 Å². The Morgan fingerprint density at radius 3 is 2.59 bits per heavy atom. The Kier molecular flexibility index (Phi) is 5.51. The number of ether oxygens (including phenoxy) is 1. The molecule has 0 radical (unpaired) electrons. The number of carbonyl (C=O) groups is 2. The Labute approximate surface area is 155 Å². The quantitative estimate of drug-likeness (QED) is 0.492. The molecule has 0 fully saturated rings. The second kappa shape index (κ2) is 8.18. The van der Waals surface area contributed by atoms with E-state index in [1.165, 1.54) is 12.1 Å². The number of nitrogens with zero attached hydrogens (tertiary/aromatic N) is 2. The fourth-order valence-electron chi connectivity index (χ4n) is 2.51. The molecule has 0 spiro atoms. The van der Waals surface area contributed by atoms with Crippen LogP contribution in [0.1, 0.15) is 22.3 Å². The van der Waals surface area contributed by atoms with Crippen LogP contribution in [0.4, 0.5) is 0 Å². The number of benzene rings is 2. The summed E-state index contributed by atoms with van der Waals surface area (Å²) in [7, 11) is 0. The van der Waals surface area contributed by atoms with Gasteiger partial charge in [-0.1, -0.05) is 18.2 Å². The van der Waals surface area contributed by atoms with E-state index in [4.69, 9.17) is 4.74 Å². The standard InChI is InChI=1S/C20H18N2O5/c23-16-7-8-17(18(24)10-16)19(25)13-27-20(26)9-6-14-11-21-22(12-14)15-4-2-1-3-5-15/h1-5,7-8,10-12,23-24H,6,9,13H2. The zero-order chi connectivity index (χ0) is 19.2. The number of para-hydroxylation sites is 1. The van der Waals surface area contributed by atoms with Gasteiger partial charge in [-0.25, -0.2) is 4.68 Å². The summed E-state index contributed by atoms with van der Waals surface area (Å²) in [4.78, 5) is 23.8. The predicted octanol–water partition coefficient (Wildman–Crippen LogP) is 2.64. The molecule has 7 nitrogen and oxygen atoms in total. The van der Waals surface area contributed by atoms with Gasteiger partial charge in [0.25, 0.3) is 0 Å². The van der Waals surface area contributed by atoms with Crippen molar-refractivity contribution in [1.29, 1.82) is 0 Å². The molecular weight excluding hydrogens is 348 g/mol. The lowest BCUT2D eigenvalue weighted by molar-refractivity contribution is -0.142. The largest absolute Gasteiger partial charge is 0.508 e. The van der Waals surface area contributed by atoms with Gasteiger partial charge in [0.15, 0.2) is 6.61 Å². The van der Waals surface area contributed by atoms with E-state index in [2.05, 4.69) is 5.10 Å². The fourth-order valence-corrected chi connectivity index (χ4v) is 2.51. The average molecular weight is 366 g/mol. The van der Waals surface area contributed by atoms with Crippen molar-refractivity contribution in [1.82, 2.24) is 9.78 Å². The van der Waals surface area contributed by atoms with E-state index in [9.17, 15) is 19.8 Å². The van der Waals surface area contributed by atoms with Crippen molar-refractivity contribution in [2.45, 2.75) is 12.8 Å². The molecule has 0 bridgehead atoms. The van der Waals surface area contributed by atoms with Crippen LogP contribution in [0.3, 0.4) is 0 Å². The molecule has 0 amide bonds. The normalized spacial score (nSPS) is 10.5. The van der Waals surface area contributed by atoms with Crippen molar-refractivity contribution in [2.75, 3.05) is 6.61 Å². The van der Waals surface area contributed by atoms with Gasteiger partial charge < -0.3 is 14.9 Å². The highest BCUT2D eigenvalue weighted by Gasteiger charge is 2.14. The summed E-state index contributed by atoms with van der Waals surface area (Å²) in [5, 5.41) is 23.1. The van der Waals surface area contributed by atoms with Crippen LogP contribution in [0.15, 0.2) is 60.9 Å². The molecule has 138 valence electrons. The molecule has 2 aromatic carbocycles. The number of aromatic hydroxyl groups is 2. The van der Waals surface area contributed by atoms with Gasteiger partial charge in [-0.3, -0.25) is 9.59 Å². The molecule has 0 atom stereocenters. The highest BCUT2D eigenvalue weighted by molar-refractivity contribution is 6.00. The number of Topliss-reactive ketones (excluding diaryl/α,β-unsaturated/α-hetero) is 1. The molecule has 27 heavy (non-hydrogen) atoms. The van der Waals surface area contributed by atoms with Crippen molar-refractivity contribution in [2.24, 2.45) is 0 Å². The second-order valence-corrected chi connectivity index (χ2v) is 5.91. The molecule has 2 N–H and O–H groups in total. The lowest BCUT2D eigenvalue weighted by atomic mass is 10.1. The first-order chi connectivity index (χ1) is 13.0. The first-order valence-electron chi connectivity index (χ1n) is 8.32.